The van der Waals surface area contributed by atoms with E-state index in [1.54, 1.807) is 0 Å². The summed E-state index contributed by atoms with van der Waals surface area (Å²) < 4.78 is 42.9. The maximum atomic E-state index is 12.6. The molecule has 1 heterocycles. The number of ether oxygens (including phenoxy) is 1. The molecule has 1 saturated heterocycles. The van der Waals surface area contributed by atoms with Gasteiger partial charge in [0.1, 0.15) is 5.54 Å². The normalized spacial score (nSPS) is 28.8. The summed E-state index contributed by atoms with van der Waals surface area (Å²) in [6.45, 7) is 1.81. The second-order valence-corrected chi connectivity index (χ2v) is 3.51. The lowest BCUT2D eigenvalue weighted by atomic mass is 9.84. The third-order valence-electron chi connectivity index (χ3n) is 2.85. The molecule has 0 aromatic heterocycles. The average Bonchev–Trinajstić information content (AvgIpc) is 2.52. The molecule has 0 amide bonds. The van der Waals surface area contributed by atoms with Crippen LogP contribution in [0.3, 0.4) is 0 Å². The van der Waals surface area contributed by atoms with Gasteiger partial charge in [0, 0.05) is 12.5 Å². The first-order chi connectivity index (χ1) is 5.92. The molecule has 1 aliphatic heterocycles. The van der Waals surface area contributed by atoms with Crippen molar-refractivity contribution in [2.24, 2.45) is 5.92 Å². The minimum Gasteiger partial charge on any atom is -0.381 e. The minimum absolute atomic E-state index is 0.191. The Morgan fingerprint density at radius 2 is 2.00 bits per heavy atom. The van der Waals surface area contributed by atoms with Crippen molar-refractivity contribution in [2.45, 2.75) is 25.1 Å². The molecule has 0 aromatic carbocycles. The molecule has 0 saturated carbocycles. The van der Waals surface area contributed by atoms with E-state index in [-0.39, 0.29) is 6.61 Å². The smallest absolute Gasteiger partial charge is 0.381 e. The van der Waals surface area contributed by atoms with Gasteiger partial charge in [-0.05, 0) is 20.4 Å². The standard InChI is InChI=1S/C8H14F3NO/c1-7(12-2,8(9,10)11)6-3-4-13-5-6/h6,12H,3-5H2,1-2H3. The molecule has 0 bridgehead atoms. The summed E-state index contributed by atoms with van der Waals surface area (Å²) >= 11 is 0. The largest absolute Gasteiger partial charge is 0.406 e. The van der Waals surface area contributed by atoms with Crippen LogP contribution in [0.1, 0.15) is 13.3 Å². The highest BCUT2D eigenvalue weighted by molar-refractivity contribution is 4.97. The third-order valence-corrected chi connectivity index (χ3v) is 2.85. The average molecular weight is 197 g/mol. The quantitative estimate of drug-likeness (QED) is 0.725. The molecule has 1 N–H and O–H groups in total. The number of alkyl halides is 3. The van der Waals surface area contributed by atoms with Crippen molar-refractivity contribution in [1.82, 2.24) is 5.32 Å². The topological polar surface area (TPSA) is 21.3 Å². The SMILES string of the molecule is CNC(C)(C1CCOC1)C(F)(F)F. The number of rotatable bonds is 2. The van der Waals surface area contributed by atoms with E-state index in [0.29, 0.717) is 13.0 Å². The second-order valence-electron chi connectivity index (χ2n) is 3.51. The van der Waals surface area contributed by atoms with Gasteiger partial charge in [0.15, 0.2) is 0 Å². The Labute approximate surface area is 75.4 Å². The van der Waals surface area contributed by atoms with Crippen LogP contribution in [0.4, 0.5) is 13.2 Å². The Balaban J connectivity index is 2.79. The molecule has 0 aromatic rings. The fourth-order valence-corrected chi connectivity index (χ4v) is 1.57. The van der Waals surface area contributed by atoms with E-state index >= 15 is 0 Å². The summed E-state index contributed by atoms with van der Waals surface area (Å²) in [5.74, 6) is -0.475. The Morgan fingerprint density at radius 1 is 1.38 bits per heavy atom. The van der Waals surface area contributed by atoms with E-state index in [9.17, 15) is 13.2 Å². The fourth-order valence-electron chi connectivity index (χ4n) is 1.57. The van der Waals surface area contributed by atoms with Crippen molar-refractivity contribution in [2.75, 3.05) is 20.3 Å². The molecule has 13 heavy (non-hydrogen) atoms. The highest BCUT2D eigenvalue weighted by Gasteiger charge is 2.55. The lowest BCUT2D eigenvalue weighted by Gasteiger charge is -2.36. The van der Waals surface area contributed by atoms with E-state index in [0.717, 1.165) is 0 Å². The van der Waals surface area contributed by atoms with Gasteiger partial charge in [-0.2, -0.15) is 13.2 Å². The molecule has 0 aliphatic carbocycles. The van der Waals surface area contributed by atoms with E-state index in [1.807, 2.05) is 0 Å². The summed E-state index contributed by atoms with van der Waals surface area (Å²) in [4.78, 5) is 0. The van der Waals surface area contributed by atoms with Crippen LogP contribution in [0.5, 0.6) is 0 Å². The predicted octanol–water partition coefficient (Wildman–Crippen LogP) is 1.56. The second kappa shape index (κ2) is 3.46. The zero-order valence-corrected chi connectivity index (χ0v) is 7.74. The van der Waals surface area contributed by atoms with Gasteiger partial charge in [0.2, 0.25) is 0 Å². The molecule has 1 fully saturated rings. The maximum absolute atomic E-state index is 12.6. The summed E-state index contributed by atoms with van der Waals surface area (Å²) in [5.41, 5.74) is -1.82. The van der Waals surface area contributed by atoms with Gasteiger partial charge >= 0.3 is 6.18 Å². The summed E-state index contributed by atoms with van der Waals surface area (Å²) in [5, 5.41) is 2.36. The number of nitrogens with one attached hydrogen (secondary N) is 1. The van der Waals surface area contributed by atoms with Gasteiger partial charge in [0.25, 0.3) is 0 Å². The zero-order valence-electron chi connectivity index (χ0n) is 7.74. The summed E-state index contributed by atoms with van der Waals surface area (Å²) in [6.07, 6.45) is -3.75. The lowest BCUT2D eigenvalue weighted by molar-refractivity contribution is -0.205. The van der Waals surface area contributed by atoms with Crippen LogP contribution in [-0.2, 0) is 4.74 Å². The van der Waals surface area contributed by atoms with Crippen LogP contribution in [0.15, 0.2) is 0 Å². The Hall–Kier alpha value is -0.290. The van der Waals surface area contributed by atoms with Crippen molar-refractivity contribution in [1.29, 1.82) is 0 Å². The van der Waals surface area contributed by atoms with Crippen LogP contribution in [-0.4, -0.2) is 32.0 Å². The van der Waals surface area contributed by atoms with Crippen LogP contribution in [0.2, 0.25) is 0 Å². The van der Waals surface area contributed by atoms with Crippen molar-refractivity contribution >= 4 is 0 Å². The summed E-state index contributed by atoms with van der Waals surface area (Å²) in [6, 6.07) is 0. The number of hydrogen-bond acceptors (Lipinski definition) is 2. The first-order valence-corrected chi connectivity index (χ1v) is 4.25. The fraction of sp³-hybridized carbons (Fsp3) is 1.00. The molecule has 5 heteroatoms. The Morgan fingerprint density at radius 3 is 2.31 bits per heavy atom. The number of halogens is 3. The monoisotopic (exact) mass is 197 g/mol. The van der Waals surface area contributed by atoms with E-state index < -0.39 is 17.6 Å². The van der Waals surface area contributed by atoms with E-state index in [2.05, 4.69) is 5.32 Å². The number of hydrogen-bond donors (Lipinski definition) is 1. The predicted molar refractivity (Wildman–Crippen MR) is 42.4 cm³/mol. The Kier molecular flexibility index (Phi) is 2.87. The van der Waals surface area contributed by atoms with Gasteiger partial charge in [0.05, 0.1) is 6.61 Å². The van der Waals surface area contributed by atoms with E-state index in [1.165, 1.54) is 14.0 Å². The van der Waals surface area contributed by atoms with Crippen molar-refractivity contribution in [3.05, 3.63) is 0 Å². The van der Waals surface area contributed by atoms with Crippen LogP contribution < -0.4 is 5.32 Å². The molecule has 2 unspecified atom stereocenters. The minimum atomic E-state index is -4.22. The molecule has 1 aliphatic rings. The van der Waals surface area contributed by atoms with Crippen LogP contribution in [0.25, 0.3) is 0 Å². The summed E-state index contributed by atoms with van der Waals surface area (Å²) in [7, 11) is 1.34. The molecular formula is C8H14F3NO. The van der Waals surface area contributed by atoms with Crippen LogP contribution >= 0.6 is 0 Å². The molecule has 78 valence electrons. The van der Waals surface area contributed by atoms with Crippen molar-refractivity contribution < 1.29 is 17.9 Å². The van der Waals surface area contributed by atoms with Crippen LogP contribution in [0, 0.1) is 5.92 Å². The molecule has 1 rings (SSSR count). The first kappa shape index (κ1) is 10.8. The van der Waals surface area contributed by atoms with Crippen molar-refractivity contribution in [3.8, 4) is 0 Å². The molecule has 0 radical (unpaired) electrons. The third kappa shape index (κ3) is 1.81. The van der Waals surface area contributed by atoms with Crippen molar-refractivity contribution in [3.63, 3.8) is 0 Å². The first-order valence-electron chi connectivity index (χ1n) is 4.25. The molecule has 2 atom stereocenters. The van der Waals surface area contributed by atoms with Gasteiger partial charge in [-0.25, -0.2) is 0 Å². The molecule has 2 nitrogen and oxygen atoms in total. The van der Waals surface area contributed by atoms with Gasteiger partial charge < -0.3 is 10.1 Å². The molecular weight excluding hydrogens is 183 g/mol. The van der Waals surface area contributed by atoms with Gasteiger partial charge in [-0.15, -0.1) is 0 Å². The van der Waals surface area contributed by atoms with Gasteiger partial charge in [-0.3, -0.25) is 0 Å². The Bertz CT molecular complexity index is 177. The molecule has 0 spiro atoms. The zero-order chi connectivity index (χ0) is 10.1. The highest BCUT2D eigenvalue weighted by Crippen LogP contribution is 2.39. The van der Waals surface area contributed by atoms with Gasteiger partial charge in [-0.1, -0.05) is 0 Å². The highest BCUT2D eigenvalue weighted by atomic mass is 19.4. The van der Waals surface area contributed by atoms with E-state index in [4.69, 9.17) is 4.74 Å². The maximum Gasteiger partial charge on any atom is 0.406 e. The lowest BCUT2D eigenvalue weighted by Crippen LogP contribution is -2.58.